The van der Waals surface area contributed by atoms with E-state index in [1.165, 1.54) is 7.11 Å². The number of esters is 1. The van der Waals surface area contributed by atoms with Gasteiger partial charge in [0, 0.05) is 35.5 Å². The van der Waals surface area contributed by atoms with E-state index in [1.54, 1.807) is 13.1 Å². The average molecular weight is 445 g/mol. The zero-order valence-corrected chi connectivity index (χ0v) is 19.2. The number of aromatic amines is 1. The third kappa shape index (κ3) is 7.11. The summed E-state index contributed by atoms with van der Waals surface area (Å²) < 4.78 is 4.76. The summed E-state index contributed by atoms with van der Waals surface area (Å²) in [5, 5.41) is 8.97. The molecule has 1 heterocycles. The van der Waals surface area contributed by atoms with Crippen LogP contribution in [-0.4, -0.2) is 53.4 Å². The summed E-state index contributed by atoms with van der Waals surface area (Å²) >= 11 is 0. The number of ether oxygens (including phenoxy) is 1. The minimum Gasteiger partial charge on any atom is -0.467 e. The molecule has 4 N–H and O–H groups in total. The minimum absolute atomic E-state index is 0.200. The quantitative estimate of drug-likeness (QED) is 0.436. The van der Waals surface area contributed by atoms with Crippen molar-refractivity contribution in [3.63, 3.8) is 0 Å². The van der Waals surface area contributed by atoms with Crippen molar-refractivity contribution in [2.75, 3.05) is 7.11 Å². The van der Waals surface area contributed by atoms with Gasteiger partial charge in [0.05, 0.1) is 13.5 Å². The first-order chi connectivity index (χ1) is 15.0. The molecule has 1 aromatic carbocycles. The smallest absolute Gasteiger partial charge is 0.328 e. The van der Waals surface area contributed by atoms with Gasteiger partial charge in [-0.15, -0.1) is 0 Å². The normalized spacial score (nSPS) is 13.2. The third-order valence-corrected chi connectivity index (χ3v) is 4.78. The van der Waals surface area contributed by atoms with Crippen LogP contribution >= 0.6 is 0 Å². The lowest BCUT2D eigenvalue weighted by molar-refractivity contribution is -0.147. The molecule has 0 saturated carbocycles. The first kappa shape index (κ1) is 24.9. The molecule has 0 radical (unpaired) electrons. The van der Waals surface area contributed by atoms with Crippen LogP contribution in [0.5, 0.6) is 0 Å². The second kappa shape index (κ2) is 10.8. The van der Waals surface area contributed by atoms with Crippen molar-refractivity contribution >= 4 is 34.6 Å². The molecule has 0 saturated heterocycles. The number of para-hydroxylation sites is 1. The molecule has 1 aromatic heterocycles. The van der Waals surface area contributed by atoms with Gasteiger partial charge in [-0.25, -0.2) is 4.79 Å². The maximum absolute atomic E-state index is 13.1. The Morgan fingerprint density at radius 1 is 1.03 bits per heavy atom. The maximum atomic E-state index is 13.1. The second-order valence-corrected chi connectivity index (χ2v) is 8.62. The number of carbonyl (C=O) groups is 4. The number of H-pyrrole nitrogens is 1. The number of fused-ring (bicyclic) bond motifs is 1. The number of hydrogen-bond acceptors (Lipinski definition) is 5. The summed E-state index contributed by atoms with van der Waals surface area (Å²) in [5.41, 5.74) is 1.27. The maximum Gasteiger partial charge on any atom is 0.328 e. The Morgan fingerprint density at radius 2 is 1.72 bits per heavy atom. The molecule has 2 rings (SSSR count). The molecule has 0 bridgehead atoms. The topological polar surface area (TPSA) is 129 Å². The van der Waals surface area contributed by atoms with Crippen molar-refractivity contribution in [3.05, 3.63) is 36.0 Å². The molecule has 0 spiro atoms. The van der Waals surface area contributed by atoms with Crippen LogP contribution < -0.4 is 16.0 Å². The van der Waals surface area contributed by atoms with E-state index in [0.717, 1.165) is 16.5 Å². The molecule has 32 heavy (non-hydrogen) atoms. The standard InChI is InChI=1S/C23H32N4O5/c1-6-19(28)25-17(11-14-13-24-16-10-8-7-9-15(14)16)21(30)26-18(22(31)32-5)12-20(29)27-23(2,3)4/h7-10,13,17-18,24H,6,11-12H2,1-5H3,(H,25,28)(H,26,30)(H,27,29)/t17-,18-/m0/s1. The van der Waals surface area contributed by atoms with Crippen LogP contribution in [0.25, 0.3) is 10.9 Å². The van der Waals surface area contributed by atoms with Gasteiger partial charge in [0.2, 0.25) is 17.7 Å². The van der Waals surface area contributed by atoms with Gasteiger partial charge in [0.25, 0.3) is 0 Å². The van der Waals surface area contributed by atoms with Gasteiger partial charge in [0.15, 0.2) is 0 Å². The lowest BCUT2D eigenvalue weighted by Crippen LogP contribution is -2.54. The van der Waals surface area contributed by atoms with Crippen LogP contribution in [0.3, 0.4) is 0 Å². The monoisotopic (exact) mass is 444 g/mol. The lowest BCUT2D eigenvalue weighted by Gasteiger charge is -2.24. The summed E-state index contributed by atoms with van der Waals surface area (Å²) in [6.07, 6.45) is 1.92. The Bertz CT molecular complexity index is 976. The van der Waals surface area contributed by atoms with Crippen LogP contribution in [0.2, 0.25) is 0 Å². The molecule has 9 heteroatoms. The molecule has 9 nitrogen and oxygen atoms in total. The molecule has 0 aliphatic heterocycles. The van der Waals surface area contributed by atoms with E-state index >= 15 is 0 Å². The Hall–Kier alpha value is -3.36. The summed E-state index contributed by atoms with van der Waals surface area (Å²) in [6.45, 7) is 7.13. The number of hydrogen-bond donors (Lipinski definition) is 4. The highest BCUT2D eigenvalue weighted by atomic mass is 16.5. The largest absolute Gasteiger partial charge is 0.467 e. The molecule has 2 atom stereocenters. The highest BCUT2D eigenvalue weighted by molar-refractivity contribution is 5.93. The summed E-state index contributed by atoms with van der Waals surface area (Å²) in [4.78, 5) is 52.9. The van der Waals surface area contributed by atoms with Crippen LogP contribution in [-0.2, 0) is 30.3 Å². The van der Waals surface area contributed by atoms with E-state index in [-0.39, 0.29) is 25.2 Å². The fourth-order valence-electron chi connectivity index (χ4n) is 3.29. The van der Waals surface area contributed by atoms with E-state index in [2.05, 4.69) is 20.9 Å². The van der Waals surface area contributed by atoms with Crippen LogP contribution in [0.4, 0.5) is 0 Å². The van der Waals surface area contributed by atoms with Gasteiger partial charge in [-0.2, -0.15) is 0 Å². The van der Waals surface area contributed by atoms with Crippen molar-refractivity contribution in [2.24, 2.45) is 0 Å². The van der Waals surface area contributed by atoms with Gasteiger partial charge >= 0.3 is 5.97 Å². The van der Waals surface area contributed by atoms with E-state index < -0.39 is 35.4 Å². The predicted molar refractivity (Wildman–Crippen MR) is 121 cm³/mol. The third-order valence-electron chi connectivity index (χ3n) is 4.78. The number of nitrogens with one attached hydrogen (secondary N) is 4. The molecule has 0 unspecified atom stereocenters. The average Bonchev–Trinajstić information content (AvgIpc) is 3.13. The van der Waals surface area contributed by atoms with E-state index in [4.69, 9.17) is 4.74 Å². The summed E-state index contributed by atoms with van der Waals surface area (Å²) in [6, 6.07) is 5.51. The Kier molecular flexibility index (Phi) is 8.40. The molecule has 0 aliphatic carbocycles. The van der Waals surface area contributed by atoms with E-state index in [9.17, 15) is 19.2 Å². The number of methoxy groups -OCH3 is 1. The first-order valence-electron chi connectivity index (χ1n) is 10.6. The molecular weight excluding hydrogens is 412 g/mol. The van der Waals surface area contributed by atoms with E-state index in [0.29, 0.717) is 0 Å². The number of carbonyl (C=O) groups excluding carboxylic acids is 4. The molecular formula is C23H32N4O5. The summed E-state index contributed by atoms with van der Waals surface area (Å²) in [7, 11) is 1.19. The van der Waals surface area contributed by atoms with Crippen LogP contribution in [0.15, 0.2) is 30.5 Å². The van der Waals surface area contributed by atoms with E-state index in [1.807, 2.05) is 45.0 Å². The number of benzene rings is 1. The fraction of sp³-hybridized carbons (Fsp3) is 0.478. The van der Waals surface area contributed by atoms with Gasteiger partial charge in [0.1, 0.15) is 12.1 Å². The van der Waals surface area contributed by atoms with Gasteiger partial charge < -0.3 is 25.7 Å². The Morgan fingerprint density at radius 3 is 2.34 bits per heavy atom. The van der Waals surface area contributed by atoms with Crippen molar-refractivity contribution < 1.29 is 23.9 Å². The second-order valence-electron chi connectivity index (χ2n) is 8.62. The molecule has 3 amide bonds. The highest BCUT2D eigenvalue weighted by Gasteiger charge is 2.30. The Labute approximate surface area is 187 Å². The minimum atomic E-state index is -1.18. The highest BCUT2D eigenvalue weighted by Crippen LogP contribution is 2.19. The lowest BCUT2D eigenvalue weighted by atomic mass is 10.0. The van der Waals surface area contributed by atoms with Crippen molar-refractivity contribution in [1.29, 1.82) is 0 Å². The van der Waals surface area contributed by atoms with Crippen molar-refractivity contribution in [1.82, 2.24) is 20.9 Å². The van der Waals surface area contributed by atoms with Gasteiger partial charge in [-0.1, -0.05) is 25.1 Å². The number of amides is 3. The zero-order valence-electron chi connectivity index (χ0n) is 19.2. The molecule has 0 aliphatic rings. The van der Waals surface area contributed by atoms with Crippen molar-refractivity contribution in [2.45, 2.75) is 64.6 Å². The summed E-state index contributed by atoms with van der Waals surface area (Å²) in [5.74, 6) is -2.02. The fourth-order valence-corrected chi connectivity index (χ4v) is 3.29. The van der Waals surface area contributed by atoms with Crippen LogP contribution in [0.1, 0.15) is 46.1 Å². The first-order valence-corrected chi connectivity index (χ1v) is 10.6. The molecule has 174 valence electrons. The molecule has 0 fully saturated rings. The van der Waals surface area contributed by atoms with Crippen molar-refractivity contribution in [3.8, 4) is 0 Å². The SMILES string of the molecule is CCC(=O)N[C@@H](Cc1c[nH]c2ccccc12)C(=O)N[C@@H](CC(=O)NC(C)(C)C)C(=O)OC. The van der Waals surface area contributed by atoms with Crippen LogP contribution in [0, 0.1) is 0 Å². The Balaban J connectivity index is 2.21. The van der Waals surface area contributed by atoms with Gasteiger partial charge in [-0.05, 0) is 32.4 Å². The number of aromatic nitrogens is 1. The predicted octanol–water partition coefficient (Wildman–Crippen LogP) is 1.57. The zero-order chi connectivity index (χ0) is 23.9. The molecule has 2 aromatic rings. The van der Waals surface area contributed by atoms with Gasteiger partial charge in [-0.3, -0.25) is 14.4 Å². The number of rotatable bonds is 9.